The van der Waals surface area contributed by atoms with Crippen LogP contribution in [0.3, 0.4) is 0 Å². The Hall–Kier alpha value is -0.410. The van der Waals surface area contributed by atoms with Gasteiger partial charge in [-0.05, 0) is 19.6 Å². The summed E-state index contributed by atoms with van der Waals surface area (Å²) in [6.45, 7) is 6.37. The lowest BCUT2D eigenvalue weighted by molar-refractivity contribution is -0.0370. The van der Waals surface area contributed by atoms with Crippen LogP contribution in [0.5, 0.6) is 0 Å². The number of fused-ring (bicyclic) bond motifs is 2. The van der Waals surface area contributed by atoms with E-state index in [4.69, 9.17) is 4.74 Å². The van der Waals surface area contributed by atoms with Crippen LogP contribution in [-0.4, -0.2) is 43.6 Å². The van der Waals surface area contributed by atoms with Crippen molar-refractivity contribution in [1.82, 2.24) is 4.90 Å². The highest BCUT2D eigenvalue weighted by Gasteiger charge is 2.32. The van der Waals surface area contributed by atoms with E-state index >= 15 is 0 Å². The van der Waals surface area contributed by atoms with Gasteiger partial charge in [0.2, 0.25) is 0 Å². The summed E-state index contributed by atoms with van der Waals surface area (Å²) in [5, 5.41) is 0. The third kappa shape index (κ3) is 1.44. The fourth-order valence-electron chi connectivity index (χ4n) is 1.96. The normalized spacial score (nSPS) is 37.5. The minimum absolute atomic E-state index is 0.482. The number of likely N-dealkylation sites (tertiary alicyclic amines) is 1. The van der Waals surface area contributed by atoms with Crippen molar-refractivity contribution in [1.29, 1.82) is 0 Å². The lowest BCUT2D eigenvalue weighted by Gasteiger charge is -2.30. The van der Waals surface area contributed by atoms with Crippen molar-refractivity contribution in [2.24, 2.45) is 4.99 Å². The molecule has 0 N–H and O–H groups in total. The zero-order chi connectivity index (χ0) is 7.68. The SMILES string of the molecule is C=NCN1CC2CCC(C1)O2. The van der Waals surface area contributed by atoms with Gasteiger partial charge in [0, 0.05) is 13.1 Å². The average Bonchev–Trinajstić information content (AvgIpc) is 2.32. The van der Waals surface area contributed by atoms with Crippen LogP contribution >= 0.6 is 0 Å². The van der Waals surface area contributed by atoms with Gasteiger partial charge in [0.15, 0.2) is 0 Å². The van der Waals surface area contributed by atoms with Crippen molar-refractivity contribution in [3.8, 4) is 0 Å². The quantitative estimate of drug-likeness (QED) is 0.541. The first kappa shape index (κ1) is 7.25. The van der Waals surface area contributed by atoms with E-state index in [0.29, 0.717) is 12.2 Å². The monoisotopic (exact) mass is 154 g/mol. The van der Waals surface area contributed by atoms with Gasteiger partial charge in [-0.2, -0.15) is 0 Å². The fraction of sp³-hybridized carbons (Fsp3) is 0.875. The molecule has 2 rings (SSSR count). The molecule has 2 heterocycles. The molecule has 3 heteroatoms. The molecule has 2 unspecified atom stereocenters. The van der Waals surface area contributed by atoms with Crippen LogP contribution in [0.4, 0.5) is 0 Å². The van der Waals surface area contributed by atoms with Crippen molar-refractivity contribution >= 4 is 6.72 Å². The molecular formula is C8H14N2O. The molecule has 11 heavy (non-hydrogen) atoms. The summed E-state index contributed by atoms with van der Waals surface area (Å²) in [6.07, 6.45) is 3.43. The molecule has 3 nitrogen and oxygen atoms in total. The standard InChI is InChI=1S/C8H14N2O/c1-9-6-10-4-7-2-3-8(5-10)11-7/h7-8H,1-6H2. The Morgan fingerprint density at radius 2 is 2.00 bits per heavy atom. The molecule has 2 atom stereocenters. The Morgan fingerprint density at radius 1 is 1.36 bits per heavy atom. The highest BCUT2D eigenvalue weighted by molar-refractivity contribution is 5.23. The van der Waals surface area contributed by atoms with Crippen LogP contribution in [-0.2, 0) is 4.74 Å². The predicted octanol–water partition coefficient (Wildman–Crippen LogP) is 0.508. The second kappa shape index (κ2) is 2.91. The Bertz CT molecular complexity index is 148. The molecule has 0 aliphatic carbocycles. The molecule has 2 aliphatic rings. The lowest BCUT2D eigenvalue weighted by Crippen LogP contribution is -2.42. The van der Waals surface area contributed by atoms with E-state index < -0.39 is 0 Å². The molecule has 0 radical (unpaired) electrons. The minimum Gasteiger partial charge on any atom is -0.372 e. The predicted molar refractivity (Wildman–Crippen MR) is 43.9 cm³/mol. The summed E-state index contributed by atoms with van der Waals surface area (Å²) in [4.78, 5) is 6.19. The van der Waals surface area contributed by atoms with E-state index in [1.807, 2.05) is 0 Å². The van der Waals surface area contributed by atoms with Crippen LogP contribution < -0.4 is 0 Å². The molecule has 2 fully saturated rings. The largest absolute Gasteiger partial charge is 0.372 e. The number of nitrogens with zero attached hydrogens (tertiary/aromatic N) is 2. The first-order chi connectivity index (χ1) is 5.38. The second-order valence-corrected chi connectivity index (χ2v) is 3.36. The molecule has 0 aromatic heterocycles. The van der Waals surface area contributed by atoms with Gasteiger partial charge >= 0.3 is 0 Å². The van der Waals surface area contributed by atoms with Crippen molar-refractivity contribution in [3.05, 3.63) is 0 Å². The van der Waals surface area contributed by atoms with Gasteiger partial charge in [0.25, 0.3) is 0 Å². The molecule has 0 spiro atoms. The summed E-state index contributed by atoms with van der Waals surface area (Å²) in [5.41, 5.74) is 0. The summed E-state index contributed by atoms with van der Waals surface area (Å²) >= 11 is 0. The van der Waals surface area contributed by atoms with Gasteiger partial charge in [-0.1, -0.05) is 0 Å². The lowest BCUT2D eigenvalue weighted by atomic mass is 10.2. The maximum atomic E-state index is 5.67. The number of hydrogen-bond acceptors (Lipinski definition) is 3. The maximum absolute atomic E-state index is 5.67. The Labute approximate surface area is 67.1 Å². The van der Waals surface area contributed by atoms with Crippen LogP contribution in [0.25, 0.3) is 0 Å². The zero-order valence-electron chi connectivity index (χ0n) is 6.70. The number of aliphatic imine (C=N–C) groups is 1. The summed E-state index contributed by atoms with van der Waals surface area (Å²) in [7, 11) is 0. The molecule has 2 aliphatic heterocycles. The number of rotatable bonds is 2. The van der Waals surface area contributed by atoms with Gasteiger partial charge in [0.05, 0.1) is 18.9 Å². The smallest absolute Gasteiger partial charge is 0.0903 e. The second-order valence-electron chi connectivity index (χ2n) is 3.36. The topological polar surface area (TPSA) is 24.8 Å². The Kier molecular flexibility index (Phi) is 1.92. The van der Waals surface area contributed by atoms with Crippen molar-refractivity contribution < 1.29 is 4.74 Å². The first-order valence-corrected chi connectivity index (χ1v) is 4.19. The van der Waals surface area contributed by atoms with Gasteiger partial charge in [0.1, 0.15) is 0 Å². The average molecular weight is 154 g/mol. The van der Waals surface area contributed by atoms with Crippen LogP contribution in [0.1, 0.15) is 12.8 Å². The van der Waals surface area contributed by atoms with Crippen molar-refractivity contribution in [2.45, 2.75) is 25.0 Å². The number of hydrogen-bond donors (Lipinski definition) is 0. The molecular weight excluding hydrogens is 140 g/mol. The summed E-state index contributed by atoms with van der Waals surface area (Å²) in [6, 6.07) is 0. The van der Waals surface area contributed by atoms with Gasteiger partial charge < -0.3 is 4.74 Å². The zero-order valence-corrected chi connectivity index (χ0v) is 6.70. The van der Waals surface area contributed by atoms with Crippen LogP contribution in [0.15, 0.2) is 4.99 Å². The molecule has 0 amide bonds. The van der Waals surface area contributed by atoms with Crippen molar-refractivity contribution in [2.75, 3.05) is 19.8 Å². The summed E-state index contributed by atoms with van der Waals surface area (Å²) in [5.74, 6) is 0. The van der Waals surface area contributed by atoms with Gasteiger partial charge in [-0.15, -0.1) is 0 Å². The van der Waals surface area contributed by atoms with E-state index in [1.54, 1.807) is 0 Å². The third-order valence-electron chi connectivity index (χ3n) is 2.42. The van der Waals surface area contributed by atoms with Gasteiger partial charge in [-0.3, -0.25) is 9.89 Å². The van der Waals surface area contributed by atoms with E-state index in [-0.39, 0.29) is 0 Å². The Morgan fingerprint density at radius 3 is 2.55 bits per heavy atom. The highest BCUT2D eigenvalue weighted by Crippen LogP contribution is 2.25. The maximum Gasteiger partial charge on any atom is 0.0903 e. The van der Waals surface area contributed by atoms with E-state index in [9.17, 15) is 0 Å². The molecule has 2 saturated heterocycles. The minimum atomic E-state index is 0.482. The fourth-order valence-corrected chi connectivity index (χ4v) is 1.96. The van der Waals surface area contributed by atoms with Crippen LogP contribution in [0.2, 0.25) is 0 Å². The number of ether oxygens (including phenoxy) is 1. The van der Waals surface area contributed by atoms with Crippen molar-refractivity contribution in [3.63, 3.8) is 0 Å². The summed E-state index contributed by atoms with van der Waals surface area (Å²) < 4.78 is 5.67. The molecule has 0 aromatic carbocycles. The Balaban J connectivity index is 1.91. The first-order valence-electron chi connectivity index (χ1n) is 4.19. The van der Waals surface area contributed by atoms with E-state index in [0.717, 1.165) is 19.8 Å². The highest BCUT2D eigenvalue weighted by atomic mass is 16.5. The van der Waals surface area contributed by atoms with Crippen LogP contribution in [0, 0.1) is 0 Å². The van der Waals surface area contributed by atoms with E-state index in [1.165, 1.54) is 12.8 Å². The van der Waals surface area contributed by atoms with E-state index in [2.05, 4.69) is 16.6 Å². The molecule has 0 aromatic rings. The third-order valence-corrected chi connectivity index (χ3v) is 2.42. The number of morpholine rings is 1. The molecule has 0 saturated carbocycles. The van der Waals surface area contributed by atoms with Gasteiger partial charge in [-0.25, -0.2) is 0 Å². The molecule has 62 valence electrons. The molecule has 2 bridgehead atoms.